The van der Waals surface area contributed by atoms with Crippen molar-refractivity contribution < 1.29 is 5.11 Å². The quantitative estimate of drug-likeness (QED) is 0.720. The third-order valence-electron chi connectivity index (χ3n) is 3.24. The largest absolute Gasteiger partial charge is 0.396 e. The number of benzene rings is 2. The lowest BCUT2D eigenvalue weighted by Crippen LogP contribution is -1.92. The van der Waals surface area contributed by atoms with Crippen LogP contribution in [0.25, 0.3) is 22.2 Å². The van der Waals surface area contributed by atoms with Crippen LogP contribution in [0.3, 0.4) is 0 Å². The first-order chi connectivity index (χ1) is 8.90. The number of rotatable bonds is 3. The molecule has 0 radical (unpaired) electrons. The summed E-state index contributed by atoms with van der Waals surface area (Å²) >= 11 is 0. The van der Waals surface area contributed by atoms with E-state index in [9.17, 15) is 5.11 Å². The molecule has 0 atom stereocenters. The number of hydrogen-bond donors (Lipinski definition) is 2. The van der Waals surface area contributed by atoms with Gasteiger partial charge in [0.15, 0.2) is 0 Å². The molecule has 90 valence electrons. The molecule has 0 aliphatic rings. The lowest BCUT2D eigenvalue weighted by molar-refractivity contribution is 0.300. The third kappa shape index (κ3) is 1.81. The molecule has 0 unspecified atom stereocenters. The number of hydrogen-bond acceptors (Lipinski definition) is 1. The average Bonchev–Trinajstić information content (AvgIpc) is 2.80. The Hall–Kier alpha value is -2.06. The van der Waals surface area contributed by atoms with Crippen LogP contribution >= 0.6 is 0 Å². The van der Waals surface area contributed by atoms with Crippen molar-refractivity contribution in [2.75, 3.05) is 6.61 Å². The summed E-state index contributed by atoms with van der Waals surface area (Å²) in [6, 6.07) is 18.5. The Labute approximate surface area is 106 Å². The van der Waals surface area contributed by atoms with Gasteiger partial charge in [0, 0.05) is 23.2 Å². The van der Waals surface area contributed by atoms with Crippen molar-refractivity contribution in [2.24, 2.45) is 0 Å². The molecule has 0 fully saturated rings. The molecule has 0 bridgehead atoms. The number of aliphatic hydroxyl groups is 1. The standard InChI is InChI=1S/C16H15NO/c18-11-10-14-13-8-4-5-9-15(13)17-16(14)12-6-2-1-3-7-12/h1-9,17-18H,10-11H2. The highest BCUT2D eigenvalue weighted by Gasteiger charge is 2.11. The molecule has 1 aromatic heterocycles. The molecule has 2 heteroatoms. The molecule has 2 nitrogen and oxygen atoms in total. The highest BCUT2D eigenvalue weighted by molar-refractivity contribution is 5.90. The van der Waals surface area contributed by atoms with E-state index in [4.69, 9.17) is 0 Å². The van der Waals surface area contributed by atoms with Crippen LogP contribution in [-0.2, 0) is 6.42 Å². The van der Waals surface area contributed by atoms with E-state index in [0.717, 1.165) is 16.8 Å². The summed E-state index contributed by atoms with van der Waals surface area (Å²) < 4.78 is 0. The second kappa shape index (κ2) is 4.67. The first-order valence-electron chi connectivity index (χ1n) is 6.16. The van der Waals surface area contributed by atoms with Gasteiger partial charge in [-0.2, -0.15) is 0 Å². The summed E-state index contributed by atoms with van der Waals surface area (Å²) in [5, 5.41) is 10.5. The van der Waals surface area contributed by atoms with Crippen molar-refractivity contribution in [3.8, 4) is 11.3 Å². The van der Waals surface area contributed by atoms with Crippen LogP contribution in [0.15, 0.2) is 54.6 Å². The van der Waals surface area contributed by atoms with E-state index in [0.29, 0.717) is 6.42 Å². The van der Waals surface area contributed by atoms with Gasteiger partial charge in [0.25, 0.3) is 0 Å². The first kappa shape index (κ1) is 11.1. The molecule has 0 spiro atoms. The molecule has 1 heterocycles. The summed E-state index contributed by atoms with van der Waals surface area (Å²) in [4.78, 5) is 3.45. The highest BCUT2D eigenvalue weighted by Crippen LogP contribution is 2.30. The number of aromatic amines is 1. The Morgan fingerprint density at radius 1 is 0.889 bits per heavy atom. The zero-order valence-corrected chi connectivity index (χ0v) is 10.1. The van der Waals surface area contributed by atoms with Crippen LogP contribution < -0.4 is 0 Å². The van der Waals surface area contributed by atoms with E-state index < -0.39 is 0 Å². The summed E-state index contributed by atoms with van der Waals surface area (Å²) in [6.45, 7) is 0.168. The molecule has 0 saturated carbocycles. The van der Waals surface area contributed by atoms with Gasteiger partial charge in [-0.25, -0.2) is 0 Å². The molecule has 3 rings (SSSR count). The summed E-state index contributed by atoms with van der Waals surface area (Å²) in [7, 11) is 0. The minimum atomic E-state index is 0.168. The van der Waals surface area contributed by atoms with Crippen LogP contribution in [0.2, 0.25) is 0 Å². The van der Waals surface area contributed by atoms with Gasteiger partial charge in [-0.15, -0.1) is 0 Å². The molecular weight excluding hydrogens is 222 g/mol. The van der Waals surface area contributed by atoms with Crippen molar-refractivity contribution in [2.45, 2.75) is 6.42 Å². The molecule has 18 heavy (non-hydrogen) atoms. The lowest BCUT2D eigenvalue weighted by Gasteiger charge is -2.03. The topological polar surface area (TPSA) is 36.0 Å². The Morgan fingerprint density at radius 3 is 2.39 bits per heavy atom. The van der Waals surface area contributed by atoms with Gasteiger partial charge in [-0.05, 0) is 23.6 Å². The summed E-state index contributed by atoms with van der Waals surface area (Å²) in [5.41, 5.74) is 4.60. The van der Waals surface area contributed by atoms with E-state index >= 15 is 0 Å². The van der Waals surface area contributed by atoms with E-state index in [1.54, 1.807) is 0 Å². The van der Waals surface area contributed by atoms with Crippen LogP contribution in [0, 0.1) is 0 Å². The van der Waals surface area contributed by atoms with Gasteiger partial charge in [-0.1, -0.05) is 48.5 Å². The lowest BCUT2D eigenvalue weighted by atomic mass is 10.0. The molecule has 0 amide bonds. The van der Waals surface area contributed by atoms with E-state index in [2.05, 4.69) is 29.2 Å². The molecule has 0 aliphatic carbocycles. The molecule has 2 aromatic carbocycles. The van der Waals surface area contributed by atoms with Gasteiger partial charge in [0.05, 0.1) is 0 Å². The van der Waals surface area contributed by atoms with Crippen molar-refractivity contribution >= 4 is 10.9 Å². The van der Waals surface area contributed by atoms with E-state index in [1.165, 1.54) is 10.9 Å². The Bertz CT molecular complexity index is 655. The third-order valence-corrected chi connectivity index (χ3v) is 3.24. The van der Waals surface area contributed by atoms with Crippen molar-refractivity contribution in [1.29, 1.82) is 0 Å². The van der Waals surface area contributed by atoms with Crippen molar-refractivity contribution in [1.82, 2.24) is 4.98 Å². The number of nitrogens with one attached hydrogen (secondary N) is 1. The molecule has 3 aromatic rings. The van der Waals surface area contributed by atoms with Crippen molar-refractivity contribution in [3.05, 3.63) is 60.2 Å². The van der Waals surface area contributed by atoms with Crippen molar-refractivity contribution in [3.63, 3.8) is 0 Å². The van der Waals surface area contributed by atoms with Gasteiger partial charge in [-0.3, -0.25) is 0 Å². The second-order valence-electron chi connectivity index (χ2n) is 4.36. The molecule has 2 N–H and O–H groups in total. The van der Waals surface area contributed by atoms with Crippen LogP contribution in [0.5, 0.6) is 0 Å². The Balaban J connectivity index is 2.25. The van der Waals surface area contributed by atoms with Gasteiger partial charge in [0.2, 0.25) is 0 Å². The van der Waals surface area contributed by atoms with Crippen LogP contribution in [0.4, 0.5) is 0 Å². The maximum Gasteiger partial charge on any atom is 0.0498 e. The van der Waals surface area contributed by atoms with Gasteiger partial charge < -0.3 is 10.1 Å². The Morgan fingerprint density at radius 2 is 1.61 bits per heavy atom. The predicted octanol–water partition coefficient (Wildman–Crippen LogP) is 3.37. The number of aliphatic hydroxyl groups excluding tert-OH is 1. The van der Waals surface area contributed by atoms with E-state index in [-0.39, 0.29) is 6.61 Å². The number of para-hydroxylation sites is 1. The fourth-order valence-electron chi connectivity index (χ4n) is 2.42. The molecule has 0 saturated heterocycles. The van der Waals surface area contributed by atoms with Gasteiger partial charge >= 0.3 is 0 Å². The van der Waals surface area contributed by atoms with E-state index in [1.807, 2.05) is 30.3 Å². The van der Waals surface area contributed by atoms with Crippen LogP contribution in [-0.4, -0.2) is 16.7 Å². The fourth-order valence-corrected chi connectivity index (χ4v) is 2.42. The maximum atomic E-state index is 9.25. The minimum absolute atomic E-state index is 0.168. The fraction of sp³-hybridized carbons (Fsp3) is 0.125. The minimum Gasteiger partial charge on any atom is -0.396 e. The zero-order chi connectivity index (χ0) is 12.4. The monoisotopic (exact) mass is 237 g/mol. The van der Waals surface area contributed by atoms with Crippen LogP contribution in [0.1, 0.15) is 5.56 Å². The zero-order valence-electron chi connectivity index (χ0n) is 10.1. The van der Waals surface area contributed by atoms with Gasteiger partial charge in [0.1, 0.15) is 0 Å². The SMILES string of the molecule is OCCc1c(-c2ccccc2)[nH]c2ccccc12. The Kier molecular flexibility index (Phi) is 2.87. The maximum absolute atomic E-state index is 9.25. The summed E-state index contributed by atoms with van der Waals surface area (Å²) in [6.07, 6.45) is 0.675. The average molecular weight is 237 g/mol. The normalized spacial score (nSPS) is 10.9. The smallest absolute Gasteiger partial charge is 0.0498 e. The molecular formula is C16H15NO. The number of aromatic nitrogens is 1. The second-order valence-corrected chi connectivity index (χ2v) is 4.36. The highest BCUT2D eigenvalue weighted by atomic mass is 16.2. The number of fused-ring (bicyclic) bond motifs is 1. The number of H-pyrrole nitrogens is 1. The predicted molar refractivity (Wildman–Crippen MR) is 74.5 cm³/mol. The first-order valence-corrected chi connectivity index (χ1v) is 6.16. The molecule has 0 aliphatic heterocycles. The summed E-state index contributed by atoms with van der Waals surface area (Å²) in [5.74, 6) is 0.